The Morgan fingerprint density at radius 2 is 1.59 bits per heavy atom. The van der Waals surface area contributed by atoms with Crippen molar-refractivity contribution < 1.29 is 27.5 Å². The molecule has 9 nitrogen and oxygen atoms in total. The number of nitrogens with zero attached hydrogens (tertiary/aromatic N) is 2. The van der Waals surface area contributed by atoms with E-state index in [0.29, 0.717) is 17.9 Å². The molecule has 2 amide bonds. The predicted molar refractivity (Wildman–Crippen MR) is 171 cm³/mol. The topological polar surface area (TPSA) is 105 Å². The van der Waals surface area contributed by atoms with Gasteiger partial charge < -0.3 is 19.7 Å². The van der Waals surface area contributed by atoms with Crippen molar-refractivity contribution in [2.45, 2.75) is 76.4 Å². The molecule has 0 bridgehead atoms. The Hall–Kier alpha value is -4.05. The van der Waals surface area contributed by atoms with Crippen LogP contribution < -0.4 is 19.1 Å². The Morgan fingerprint density at radius 3 is 2.20 bits per heavy atom. The van der Waals surface area contributed by atoms with E-state index in [9.17, 15) is 18.0 Å². The maximum absolute atomic E-state index is 14.3. The fourth-order valence-electron chi connectivity index (χ4n) is 5.60. The summed E-state index contributed by atoms with van der Waals surface area (Å²) < 4.78 is 40.2. The number of nitrogens with one attached hydrogen (secondary N) is 1. The van der Waals surface area contributed by atoms with Crippen molar-refractivity contribution in [3.05, 3.63) is 83.4 Å². The lowest BCUT2D eigenvalue weighted by atomic mass is 10.1. The van der Waals surface area contributed by atoms with Gasteiger partial charge in [0.05, 0.1) is 24.8 Å². The first-order valence-corrected chi connectivity index (χ1v) is 16.5. The van der Waals surface area contributed by atoms with Crippen molar-refractivity contribution in [3.8, 4) is 11.5 Å². The second-order valence-electron chi connectivity index (χ2n) is 11.2. The van der Waals surface area contributed by atoms with Gasteiger partial charge in [-0.3, -0.25) is 13.9 Å². The smallest absolute Gasteiger partial charge is 0.264 e. The number of benzene rings is 3. The monoisotopic (exact) mass is 621 g/mol. The fourth-order valence-corrected chi connectivity index (χ4v) is 7.03. The summed E-state index contributed by atoms with van der Waals surface area (Å²) in [6.45, 7) is 5.40. The lowest BCUT2D eigenvalue weighted by Gasteiger charge is -2.34. The third-order valence-electron chi connectivity index (χ3n) is 8.23. The predicted octanol–water partition coefficient (Wildman–Crippen LogP) is 5.38. The van der Waals surface area contributed by atoms with Crippen molar-refractivity contribution >= 4 is 27.5 Å². The van der Waals surface area contributed by atoms with Crippen LogP contribution in [0, 0.1) is 13.8 Å². The van der Waals surface area contributed by atoms with Gasteiger partial charge in [0.1, 0.15) is 12.6 Å². The van der Waals surface area contributed by atoms with Crippen LogP contribution in [0.15, 0.2) is 71.6 Å². The van der Waals surface area contributed by atoms with E-state index >= 15 is 0 Å². The van der Waals surface area contributed by atoms with Gasteiger partial charge in [-0.2, -0.15) is 0 Å². The molecule has 3 aromatic carbocycles. The normalized spacial score (nSPS) is 14.1. The Kier molecular flexibility index (Phi) is 10.9. The summed E-state index contributed by atoms with van der Waals surface area (Å²) in [5.74, 6) is -0.0651. The maximum atomic E-state index is 14.3. The van der Waals surface area contributed by atoms with E-state index < -0.39 is 28.5 Å². The number of amides is 2. The van der Waals surface area contributed by atoms with Crippen LogP contribution in [0.1, 0.15) is 55.7 Å². The molecule has 0 aromatic heterocycles. The van der Waals surface area contributed by atoms with Crippen molar-refractivity contribution in [2.75, 3.05) is 25.1 Å². The Bertz CT molecular complexity index is 1550. The zero-order chi connectivity index (χ0) is 31.9. The lowest BCUT2D eigenvalue weighted by molar-refractivity contribution is -0.140. The molecule has 0 spiro atoms. The molecule has 1 saturated carbocycles. The molecule has 0 heterocycles. The Balaban J connectivity index is 1.75. The van der Waals surface area contributed by atoms with E-state index in [-0.39, 0.29) is 29.1 Å². The summed E-state index contributed by atoms with van der Waals surface area (Å²) in [4.78, 5) is 29.4. The molecule has 0 saturated heterocycles. The van der Waals surface area contributed by atoms with Crippen LogP contribution in [0.25, 0.3) is 0 Å². The van der Waals surface area contributed by atoms with Gasteiger partial charge in [-0.25, -0.2) is 8.42 Å². The first kappa shape index (κ1) is 32.9. The van der Waals surface area contributed by atoms with Crippen LogP contribution in [-0.2, 0) is 26.2 Å². The summed E-state index contributed by atoms with van der Waals surface area (Å²) >= 11 is 0. The summed E-state index contributed by atoms with van der Waals surface area (Å²) in [5.41, 5.74) is 3.14. The highest BCUT2D eigenvalue weighted by Gasteiger charge is 2.35. The molecule has 1 atom stereocenters. The van der Waals surface area contributed by atoms with Crippen LogP contribution in [0.2, 0.25) is 0 Å². The minimum absolute atomic E-state index is 0.0556. The average Bonchev–Trinajstić information content (AvgIpc) is 3.53. The second kappa shape index (κ2) is 14.6. The minimum Gasteiger partial charge on any atom is -0.493 e. The largest absolute Gasteiger partial charge is 0.493 e. The summed E-state index contributed by atoms with van der Waals surface area (Å²) in [7, 11) is -1.35. The molecule has 236 valence electrons. The molecule has 1 unspecified atom stereocenters. The van der Waals surface area contributed by atoms with Gasteiger partial charge in [0.15, 0.2) is 11.5 Å². The van der Waals surface area contributed by atoms with Crippen LogP contribution in [-0.4, -0.2) is 58.0 Å². The van der Waals surface area contributed by atoms with E-state index in [1.54, 1.807) is 24.3 Å². The number of anilines is 1. The number of hydrogen-bond acceptors (Lipinski definition) is 6. The molecule has 1 aliphatic carbocycles. The fraction of sp³-hybridized carbons (Fsp3) is 0.412. The van der Waals surface area contributed by atoms with Crippen molar-refractivity contribution in [1.82, 2.24) is 10.2 Å². The molecular weight excluding hydrogens is 578 g/mol. The number of carbonyl (C=O) groups excluding carboxylic acids is 2. The van der Waals surface area contributed by atoms with Gasteiger partial charge in [0, 0.05) is 18.7 Å². The third-order valence-corrected chi connectivity index (χ3v) is 10.0. The molecule has 10 heteroatoms. The number of ether oxygens (including phenoxy) is 2. The zero-order valence-electron chi connectivity index (χ0n) is 26.2. The number of rotatable bonds is 13. The number of hydrogen-bond donors (Lipinski definition) is 1. The molecule has 0 radical (unpaired) electrons. The SMILES string of the molecule is CCC(C(=O)NC1CCCC1)N(Cc1ccccc1C)C(=O)CN(c1ccc(C)cc1)S(=O)(=O)c1ccc(OC)c(OC)c1. The standard InChI is InChI=1S/C34H43N3O6S/c1-6-30(34(39)35-27-13-9-10-14-27)36(22-26-12-8-7-11-25(26)3)33(38)23-37(28-17-15-24(2)16-18-28)44(40,41)29-19-20-31(42-4)32(21-29)43-5/h7-8,11-12,15-21,27,30H,6,9-10,13-14,22-23H2,1-5H3,(H,35,39). The first-order valence-electron chi connectivity index (χ1n) is 15.0. The summed E-state index contributed by atoms with van der Waals surface area (Å²) in [5, 5.41) is 3.15. The van der Waals surface area contributed by atoms with E-state index in [1.165, 1.54) is 37.3 Å². The van der Waals surface area contributed by atoms with Gasteiger partial charge >= 0.3 is 0 Å². The molecule has 3 aromatic rings. The Labute approximate surface area is 261 Å². The summed E-state index contributed by atoms with van der Waals surface area (Å²) in [6, 6.07) is 18.3. The quantitative estimate of drug-likeness (QED) is 0.275. The molecule has 4 rings (SSSR count). The number of sulfonamides is 1. The van der Waals surface area contributed by atoms with Gasteiger partial charge in [-0.15, -0.1) is 0 Å². The lowest BCUT2D eigenvalue weighted by Crippen LogP contribution is -2.53. The van der Waals surface area contributed by atoms with E-state index in [0.717, 1.165) is 46.7 Å². The summed E-state index contributed by atoms with van der Waals surface area (Å²) in [6.07, 6.45) is 4.33. The molecule has 1 aliphatic rings. The van der Waals surface area contributed by atoms with Crippen molar-refractivity contribution in [1.29, 1.82) is 0 Å². The number of aryl methyl sites for hydroxylation is 2. The second-order valence-corrected chi connectivity index (χ2v) is 13.1. The van der Waals surface area contributed by atoms with Crippen molar-refractivity contribution in [3.63, 3.8) is 0 Å². The molecule has 44 heavy (non-hydrogen) atoms. The zero-order valence-corrected chi connectivity index (χ0v) is 27.0. The van der Waals surface area contributed by atoms with Crippen LogP contribution >= 0.6 is 0 Å². The van der Waals surface area contributed by atoms with Gasteiger partial charge in [0.2, 0.25) is 11.8 Å². The minimum atomic E-state index is -4.26. The molecule has 1 fully saturated rings. The van der Waals surface area contributed by atoms with E-state index in [1.807, 2.05) is 45.0 Å². The van der Waals surface area contributed by atoms with Crippen LogP contribution in [0.5, 0.6) is 11.5 Å². The van der Waals surface area contributed by atoms with Gasteiger partial charge in [-0.05, 0) is 68.5 Å². The molecule has 0 aliphatic heterocycles. The first-order chi connectivity index (χ1) is 21.1. The van der Waals surface area contributed by atoms with Gasteiger partial charge in [-0.1, -0.05) is 61.7 Å². The molecule has 1 N–H and O–H groups in total. The average molecular weight is 622 g/mol. The highest BCUT2D eigenvalue weighted by molar-refractivity contribution is 7.92. The van der Waals surface area contributed by atoms with E-state index in [4.69, 9.17) is 9.47 Å². The highest BCUT2D eigenvalue weighted by atomic mass is 32.2. The maximum Gasteiger partial charge on any atom is 0.264 e. The van der Waals surface area contributed by atoms with Crippen LogP contribution in [0.4, 0.5) is 5.69 Å². The van der Waals surface area contributed by atoms with Gasteiger partial charge in [0.25, 0.3) is 10.0 Å². The number of methoxy groups -OCH3 is 2. The third kappa shape index (κ3) is 7.53. The molecular formula is C34H43N3O6S. The van der Waals surface area contributed by atoms with E-state index in [2.05, 4.69) is 5.32 Å². The highest BCUT2D eigenvalue weighted by Crippen LogP contribution is 2.32. The number of carbonyl (C=O) groups is 2. The van der Waals surface area contributed by atoms with Crippen molar-refractivity contribution in [2.24, 2.45) is 0 Å². The Morgan fingerprint density at radius 1 is 0.932 bits per heavy atom. The van der Waals surface area contributed by atoms with Crippen LogP contribution in [0.3, 0.4) is 0 Å².